The first-order valence-corrected chi connectivity index (χ1v) is 7.71. The molecule has 0 radical (unpaired) electrons. The van der Waals surface area contributed by atoms with E-state index in [0.29, 0.717) is 18.7 Å². The lowest BCUT2D eigenvalue weighted by Gasteiger charge is -2.21. The van der Waals surface area contributed by atoms with Gasteiger partial charge in [0.15, 0.2) is 0 Å². The van der Waals surface area contributed by atoms with Crippen LogP contribution in [0.2, 0.25) is 0 Å². The van der Waals surface area contributed by atoms with Crippen LogP contribution in [0.3, 0.4) is 0 Å². The minimum absolute atomic E-state index is 0.373. The molecule has 0 spiro atoms. The maximum absolute atomic E-state index is 12.0. The number of hydrogen-bond donors (Lipinski definition) is 2. The number of urea groups is 1. The van der Waals surface area contributed by atoms with E-state index in [0.717, 1.165) is 5.56 Å². The summed E-state index contributed by atoms with van der Waals surface area (Å²) < 4.78 is 0. The summed E-state index contributed by atoms with van der Waals surface area (Å²) >= 11 is 1.56. The number of carbonyl (C=O) groups excluding carboxylic acids is 1. The molecule has 1 atom stereocenters. The van der Waals surface area contributed by atoms with Crippen molar-refractivity contribution in [2.45, 2.75) is 19.0 Å². The largest absolute Gasteiger partial charge is 0.480 e. The Bertz CT molecular complexity index is 439. The van der Waals surface area contributed by atoms with Crippen LogP contribution in [0.1, 0.15) is 12.0 Å². The third-order valence-corrected chi connectivity index (χ3v) is 3.46. The molecule has 0 heterocycles. The Hall–Kier alpha value is -1.69. The number of hydrogen-bond acceptors (Lipinski definition) is 3. The summed E-state index contributed by atoms with van der Waals surface area (Å²) in [6.45, 7) is 0.446. The maximum atomic E-state index is 12.0. The lowest BCUT2D eigenvalue weighted by molar-refractivity contribution is -0.139. The van der Waals surface area contributed by atoms with Crippen LogP contribution >= 0.6 is 11.8 Å². The molecule has 0 aliphatic heterocycles. The number of thioether (sulfide) groups is 1. The Morgan fingerprint density at radius 3 is 2.55 bits per heavy atom. The third-order valence-electron chi connectivity index (χ3n) is 2.82. The zero-order valence-corrected chi connectivity index (χ0v) is 12.5. The van der Waals surface area contributed by atoms with Crippen molar-refractivity contribution in [2.75, 3.05) is 19.1 Å². The average Bonchev–Trinajstić information content (AvgIpc) is 2.43. The van der Waals surface area contributed by atoms with Crippen LogP contribution in [-0.2, 0) is 11.3 Å². The highest BCUT2D eigenvalue weighted by Crippen LogP contribution is 2.05. The lowest BCUT2D eigenvalue weighted by Crippen LogP contribution is -2.46. The molecule has 5 nitrogen and oxygen atoms in total. The van der Waals surface area contributed by atoms with Crippen molar-refractivity contribution < 1.29 is 14.7 Å². The van der Waals surface area contributed by atoms with Crippen molar-refractivity contribution in [2.24, 2.45) is 0 Å². The summed E-state index contributed by atoms with van der Waals surface area (Å²) in [5, 5.41) is 11.6. The van der Waals surface area contributed by atoms with Crippen molar-refractivity contribution in [1.82, 2.24) is 10.2 Å². The fourth-order valence-corrected chi connectivity index (χ4v) is 2.15. The predicted octanol–water partition coefficient (Wildman–Crippen LogP) is 2.03. The lowest BCUT2D eigenvalue weighted by atomic mass is 10.2. The number of aliphatic carboxylic acids is 1. The van der Waals surface area contributed by atoms with E-state index in [9.17, 15) is 9.59 Å². The van der Waals surface area contributed by atoms with Crippen LogP contribution in [0.4, 0.5) is 4.79 Å². The van der Waals surface area contributed by atoms with Gasteiger partial charge in [0, 0.05) is 13.6 Å². The molecular formula is C14H20N2O3S. The number of rotatable bonds is 7. The second-order valence-corrected chi connectivity index (χ2v) is 5.45. The Labute approximate surface area is 123 Å². The van der Waals surface area contributed by atoms with Crippen LogP contribution in [0.25, 0.3) is 0 Å². The molecule has 0 aliphatic rings. The first kappa shape index (κ1) is 16.4. The highest BCUT2D eigenvalue weighted by Gasteiger charge is 2.21. The summed E-state index contributed by atoms with van der Waals surface area (Å²) in [4.78, 5) is 24.5. The average molecular weight is 296 g/mol. The van der Waals surface area contributed by atoms with E-state index in [-0.39, 0.29) is 6.03 Å². The number of benzene rings is 1. The monoisotopic (exact) mass is 296 g/mol. The van der Waals surface area contributed by atoms with Gasteiger partial charge in [0.2, 0.25) is 0 Å². The molecule has 110 valence electrons. The molecule has 0 saturated carbocycles. The molecule has 2 amide bonds. The molecule has 2 N–H and O–H groups in total. The number of nitrogens with zero attached hydrogens (tertiary/aromatic N) is 1. The second kappa shape index (κ2) is 8.47. The minimum Gasteiger partial charge on any atom is -0.480 e. The molecule has 1 aromatic rings. The summed E-state index contributed by atoms with van der Waals surface area (Å²) in [6, 6.07) is 8.35. The van der Waals surface area contributed by atoms with E-state index >= 15 is 0 Å². The summed E-state index contributed by atoms with van der Waals surface area (Å²) in [5.74, 6) is -0.305. The molecule has 0 fully saturated rings. The van der Waals surface area contributed by atoms with Crippen molar-refractivity contribution in [3.05, 3.63) is 35.9 Å². The van der Waals surface area contributed by atoms with Crippen molar-refractivity contribution in [3.63, 3.8) is 0 Å². The molecule has 1 aromatic carbocycles. The standard InChI is InChI=1S/C14H20N2O3S/c1-16(10-11-6-4-3-5-7-11)14(19)15-12(13(17)18)8-9-20-2/h3-7,12H,8-10H2,1-2H3,(H,15,19)(H,17,18)/t12-/m1/s1. The molecule has 0 aliphatic carbocycles. The van der Waals surface area contributed by atoms with Gasteiger partial charge in [0.1, 0.15) is 6.04 Å². The molecule has 0 unspecified atom stereocenters. The Morgan fingerprint density at radius 1 is 1.35 bits per heavy atom. The summed E-state index contributed by atoms with van der Waals surface area (Å²) in [6.07, 6.45) is 2.32. The fourth-order valence-electron chi connectivity index (χ4n) is 1.68. The Morgan fingerprint density at radius 2 is 2.00 bits per heavy atom. The van der Waals surface area contributed by atoms with Crippen molar-refractivity contribution >= 4 is 23.8 Å². The zero-order valence-electron chi connectivity index (χ0n) is 11.7. The Balaban J connectivity index is 2.53. The van der Waals surface area contributed by atoms with Gasteiger partial charge in [-0.2, -0.15) is 11.8 Å². The van der Waals surface area contributed by atoms with Gasteiger partial charge in [-0.3, -0.25) is 0 Å². The van der Waals surface area contributed by atoms with Crippen LogP contribution in [-0.4, -0.2) is 47.1 Å². The van der Waals surface area contributed by atoms with Gasteiger partial charge in [-0.1, -0.05) is 30.3 Å². The smallest absolute Gasteiger partial charge is 0.326 e. The van der Waals surface area contributed by atoms with Gasteiger partial charge in [0.05, 0.1) is 0 Å². The first-order chi connectivity index (χ1) is 9.54. The van der Waals surface area contributed by atoms with Crippen LogP contribution in [0.5, 0.6) is 0 Å². The number of carboxylic acid groups (broad SMARTS) is 1. The topological polar surface area (TPSA) is 69.6 Å². The van der Waals surface area contributed by atoms with E-state index in [1.54, 1.807) is 18.8 Å². The minimum atomic E-state index is -1.000. The van der Waals surface area contributed by atoms with E-state index in [4.69, 9.17) is 5.11 Å². The van der Waals surface area contributed by atoms with Gasteiger partial charge in [-0.15, -0.1) is 0 Å². The first-order valence-electron chi connectivity index (χ1n) is 6.32. The number of carboxylic acids is 1. The number of amides is 2. The van der Waals surface area contributed by atoms with Gasteiger partial charge in [-0.25, -0.2) is 9.59 Å². The van der Waals surface area contributed by atoms with Gasteiger partial charge in [-0.05, 0) is 24.0 Å². The van der Waals surface area contributed by atoms with Crippen LogP contribution in [0.15, 0.2) is 30.3 Å². The number of carbonyl (C=O) groups is 2. The second-order valence-electron chi connectivity index (χ2n) is 4.46. The van der Waals surface area contributed by atoms with Crippen molar-refractivity contribution in [3.8, 4) is 0 Å². The SMILES string of the molecule is CSCC[C@@H](NC(=O)N(C)Cc1ccccc1)C(=O)O. The van der Waals surface area contributed by atoms with Crippen LogP contribution in [0, 0.1) is 0 Å². The maximum Gasteiger partial charge on any atom is 0.326 e. The predicted molar refractivity (Wildman–Crippen MR) is 80.9 cm³/mol. The fraction of sp³-hybridized carbons (Fsp3) is 0.429. The summed E-state index contributed by atoms with van der Waals surface area (Å²) in [5.41, 5.74) is 1.00. The molecule has 6 heteroatoms. The highest BCUT2D eigenvalue weighted by molar-refractivity contribution is 7.98. The highest BCUT2D eigenvalue weighted by atomic mass is 32.2. The molecule has 0 aromatic heterocycles. The molecule has 20 heavy (non-hydrogen) atoms. The molecular weight excluding hydrogens is 276 g/mol. The van der Waals surface area contributed by atoms with Gasteiger partial charge in [0.25, 0.3) is 0 Å². The molecule has 1 rings (SSSR count). The Kier molecular flexibility index (Phi) is 6.93. The van der Waals surface area contributed by atoms with E-state index in [1.807, 2.05) is 36.6 Å². The normalized spacial score (nSPS) is 11.7. The van der Waals surface area contributed by atoms with Crippen LogP contribution < -0.4 is 5.32 Å². The quantitative estimate of drug-likeness (QED) is 0.808. The number of nitrogens with one attached hydrogen (secondary N) is 1. The molecule has 0 bridgehead atoms. The van der Waals surface area contributed by atoms with E-state index in [2.05, 4.69) is 5.32 Å². The zero-order chi connectivity index (χ0) is 15.0. The van der Waals surface area contributed by atoms with Gasteiger partial charge < -0.3 is 15.3 Å². The summed E-state index contributed by atoms with van der Waals surface area (Å²) in [7, 11) is 1.65. The molecule has 0 saturated heterocycles. The van der Waals surface area contributed by atoms with E-state index < -0.39 is 12.0 Å². The third kappa shape index (κ3) is 5.52. The van der Waals surface area contributed by atoms with Crippen molar-refractivity contribution in [1.29, 1.82) is 0 Å². The van der Waals surface area contributed by atoms with E-state index in [1.165, 1.54) is 4.90 Å². The van der Waals surface area contributed by atoms with Gasteiger partial charge >= 0.3 is 12.0 Å².